The number of fused-ring (bicyclic) bond motifs is 2. The Balaban J connectivity index is 1.67. The lowest BCUT2D eigenvalue weighted by Gasteiger charge is -2.18. The van der Waals surface area contributed by atoms with Crippen LogP contribution >= 0.6 is 0 Å². The summed E-state index contributed by atoms with van der Waals surface area (Å²) in [6.07, 6.45) is 0. The molecule has 1 aliphatic rings. The molecule has 0 aromatic heterocycles. The summed E-state index contributed by atoms with van der Waals surface area (Å²) < 4.78 is 26.3. The monoisotopic (exact) mass is 363 g/mol. The van der Waals surface area contributed by atoms with Crippen LogP contribution in [0.5, 0.6) is 0 Å². The molecular formula is C21H11F2NO3. The maximum Gasteiger partial charge on any atom is 0.255 e. The van der Waals surface area contributed by atoms with Crippen molar-refractivity contribution in [1.82, 2.24) is 0 Å². The summed E-state index contributed by atoms with van der Waals surface area (Å²) in [5.74, 6) is -3.43. The first-order chi connectivity index (χ1) is 13.0. The van der Waals surface area contributed by atoms with Crippen LogP contribution in [0.1, 0.15) is 42.2 Å². The molecule has 0 saturated heterocycles. The zero-order chi connectivity index (χ0) is 19.1. The van der Waals surface area contributed by atoms with Crippen LogP contribution < -0.4 is 5.32 Å². The number of ketones is 2. The molecule has 4 nitrogen and oxygen atoms in total. The Morgan fingerprint density at radius 2 is 1.33 bits per heavy atom. The molecule has 3 aromatic carbocycles. The molecule has 1 N–H and O–H groups in total. The third-order valence-electron chi connectivity index (χ3n) is 4.36. The van der Waals surface area contributed by atoms with Crippen LogP contribution in [0.25, 0.3) is 0 Å². The van der Waals surface area contributed by atoms with E-state index in [4.69, 9.17) is 0 Å². The van der Waals surface area contributed by atoms with Gasteiger partial charge in [0.1, 0.15) is 0 Å². The summed E-state index contributed by atoms with van der Waals surface area (Å²) in [6.45, 7) is 0. The first-order valence-corrected chi connectivity index (χ1v) is 8.04. The lowest BCUT2D eigenvalue weighted by atomic mass is 9.84. The van der Waals surface area contributed by atoms with Crippen LogP contribution in [0, 0.1) is 11.6 Å². The van der Waals surface area contributed by atoms with E-state index in [-0.39, 0.29) is 33.9 Å². The van der Waals surface area contributed by atoms with Gasteiger partial charge in [-0.15, -0.1) is 0 Å². The molecule has 1 amide bonds. The fourth-order valence-corrected chi connectivity index (χ4v) is 3.02. The van der Waals surface area contributed by atoms with E-state index in [1.165, 1.54) is 18.2 Å². The van der Waals surface area contributed by atoms with Gasteiger partial charge in [0.2, 0.25) is 0 Å². The molecule has 132 valence electrons. The highest BCUT2D eigenvalue weighted by molar-refractivity contribution is 6.28. The van der Waals surface area contributed by atoms with Crippen LogP contribution in [0.4, 0.5) is 14.5 Å². The smallest absolute Gasteiger partial charge is 0.255 e. The van der Waals surface area contributed by atoms with Gasteiger partial charge in [-0.25, -0.2) is 8.78 Å². The van der Waals surface area contributed by atoms with Gasteiger partial charge in [0.25, 0.3) is 5.91 Å². The number of anilines is 1. The minimum Gasteiger partial charge on any atom is -0.322 e. The van der Waals surface area contributed by atoms with E-state index in [0.717, 1.165) is 18.2 Å². The molecule has 0 aliphatic heterocycles. The van der Waals surface area contributed by atoms with Crippen molar-refractivity contribution in [2.45, 2.75) is 0 Å². The lowest BCUT2D eigenvalue weighted by molar-refractivity contribution is 0.0979. The quantitative estimate of drug-likeness (QED) is 0.586. The van der Waals surface area contributed by atoms with Crippen molar-refractivity contribution in [3.05, 3.63) is 100 Å². The van der Waals surface area contributed by atoms with Crippen molar-refractivity contribution in [3.8, 4) is 0 Å². The highest BCUT2D eigenvalue weighted by Gasteiger charge is 2.29. The van der Waals surface area contributed by atoms with E-state index < -0.39 is 17.5 Å². The SMILES string of the molecule is O=C(Nc1ccc2c(c1)C(=O)c1ccccc1C2=O)c1ccc(F)c(F)c1. The second-order valence-electron chi connectivity index (χ2n) is 6.05. The number of hydrogen-bond donors (Lipinski definition) is 1. The Kier molecular flexibility index (Phi) is 3.88. The maximum atomic E-state index is 13.3. The molecule has 27 heavy (non-hydrogen) atoms. The molecule has 6 heteroatoms. The predicted molar refractivity (Wildman–Crippen MR) is 94.1 cm³/mol. The minimum absolute atomic E-state index is 0.0700. The third kappa shape index (κ3) is 2.81. The van der Waals surface area contributed by atoms with E-state index in [1.54, 1.807) is 24.3 Å². The molecule has 0 saturated carbocycles. The first kappa shape index (κ1) is 16.8. The number of nitrogens with one attached hydrogen (secondary N) is 1. The van der Waals surface area contributed by atoms with Crippen molar-refractivity contribution in [1.29, 1.82) is 0 Å². The lowest BCUT2D eigenvalue weighted by Crippen LogP contribution is -2.21. The van der Waals surface area contributed by atoms with Crippen LogP contribution in [0.3, 0.4) is 0 Å². The van der Waals surface area contributed by atoms with Crippen LogP contribution in [0.15, 0.2) is 60.7 Å². The summed E-state index contributed by atoms with van der Waals surface area (Å²) in [6, 6.07) is 13.7. The van der Waals surface area contributed by atoms with E-state index in [1.807, 2.05) is 0 Å². The van der Waals surface area contributed by atoms with Gasteiger partial charge in [-0.05, 0) is 36.4 Å². The van der Waals surface area contributed by atoms with Crippen LogP contribution in [-0.4, -0.2) is 17.5 Å². The Hall–Kier alpha value is -3.67. The number of carbonyl (C=O) groups excluding carboxylic acids is 3. The fraction of sp³-hybridized carbons (Fsp3) is 0. The molecule has 0 bridgehead atoms. The summed E-state index contributed by atoms with van der Waals surface area (Å²) in [5, 5.41) is 2.52. The van der Waals surface area contributed by atoms with Gasteiger partial charge in [-0.2, -0.15) is 0 Å². The Morgan fingerprint density at radius 3 is 2.00 bits per heavy atom. The van der Waals surface area contributed by atoms with Gasteiger partial charge in [-0.1, -0.05) is 24.3 Å². The second kappa shape index (κ2) is 6.25. The molecule has 4 rings (SSSR count). The van der Waals surface area contributed by atoms with Crippen molar-refractivity contribution in [2.75, 3.05) is 5.32 Å². The first-order valence-electron chi connectivity index (χ1n) is 8.04. The zero-order valence-electron chi connectivity index (χ0n) is 13.8. The molecule has 0 unspecified atom stereocenters. The second-order valence-corrected chi connectivity index (χ2v) is 6.05. The summed E-state index contributed by atoms with van der Waals surface area (Å²) in [4.78, 5) is 37.5. The highest BCUT2D eigenvalue weighted by Crippen LogP contribution is 2.29. The normalized spacial score (nSPS) is 12.4. The molecule has 0 spiro atoms. The molecule has 0 fully saturated rings. The Bertz CT molecular complexity index is 1140. The van der Waals surface area contributed by atoms with E-state index >= 15 is 0 Å². The summed E-state index contributed by atoms with van der Waals surface area (Å²) in [7, 11) is 0. The average Bonchev–Trinajstić information content (AvgIpc) is 2.68. The van der Waals surface area contributed by atoms with Gasteiger partial charge >= 0.3 is 0 Å². The number of hydrogen-bond acceptors (Lipinski definition) is 3. The molecule has 1 aliphatic carbocycles. The number of benzene rings is 3. The number of rotatable bonds is 2. The van der Waals surface area contributed by atoms with Crippen molar-refractivity contribution < 1.29 is 23.2 Å². The summed E-state index contributed by atoms with van der Waals surface area (Å²) >= 11 is 0. The fourth-order valence-electron chi connectivity index (χ4n) is 3.02. The molecule has 3 aromatic rings. The maximum absolute atomic E-state index is 13.3. The van der Waals surface area contributed by atoms with Gasteiger partial charge in [0, 0.05) is 33.5 Å². The molecular weight excluding hydrogens is 352 g/mol. The van der Waals surface area contributed by atoms with E-state index in [9.17, 15) is 23.2 Å². The number of amides is 1. The molecule has 0 atom stereocenters. The predicted octanol–water partition coefficient (Wildman–Crippen LogP) is 3.99. The van der Waals surface area contributed by atoms with E-state index in [0.29, 0.717) is 11.1 Å². The van der Waals surface area contributed by atoms with Gasteiger partial charge in [0.15, 0.2) is 23.2 Å². The van der Waals surface area contributed by atoms with Crippen LogP contribution in [0.2, 0.25) is 0 Å². The van der Waals surface area contributed by atoms with Gasteiger partial charge in [0.05, 0.1) is 0 Å². The topological polar surface area (TPSA) is 63.2 Å². The number of halogens is 2. The van der Waals surface area contributed by atoms with Gasteiger partial charge < -0.3 is 5.32 Å². The Labute approximate surface area is 152 Å². The standard InChI is InChI=1S/C21H11F2NO3/c22-17-8-5-11(9-18(17)23)21(27)24-12-6-7-15-16(10-12)20(26)14-4-2-1-3-13(14)19(15)25/h1-10H,(H,24,27). The van der Waals surface area contributed by atoms with E-state index in [2.05, 4.69) is 5.32 Å². The number of carbonyl (C=O) groups is 3. The molecule has 0 radical (unpaired) electrons. The highest BCUT2D eigenvalue weighted by atomic mass is 19.2. The van der Waals surface area contributed by atoms with Crippen molar-refractivity contribution in [2.24, 2.45) is 0 Å². The largest absolute Gasteiger partial charge is 0.322 e. The zero-order valence-corrected chi connectivity index (χ0v) is 13.8. The van der Waals surface area contributed by atoms with Crippen molar-refractivity contribution in [3.63, 3.8) is 0 Å². The average molecular weight is 363 g/mol. The Morgan fingerprint density at radius 1 is 0.704 bits per heavy atom. The minimum atomic E-state index is -1.13. The van der Waals surface area contributed by atoms with Gasteiger partial charge in [-0.3, -0.25) is 14.4 Å². The third-order valence-corrected chi connectivity index (χ3v) is 4.36. The van der Waals surface area contributed by atoms with Crippen molar-refractivity contribution >= 4 is 23.2 Å². The van der Waals surface area contributed by atoms with Crippen LogP contribution in [-0.2, 0) is 0 Å². The molecule has 0 heterocycles. The summed E-state index contributed by atoms with van der Waals surface area (Å²) in [5.41, 5.74) is 1.28.